The van der Waals surface area contributed by atoms with Crippen LogP contribution in [-0.4, -0.2) is 50.6 Å². The van der Waals surface area contributed by atoms with E-state index in [1.807, 2.05) is 0 Å². The summed E-state index contributed by atoms with van der Waals surface area (Å²) < 4.78 is 64.1. The largest absolute Gasteiger partial charge is 0.489 e. The Morgan fingerprint density at radius 1 is 1.18 bits per heavy atom. The number of ether oxygens (including phenoxy) is 1. The summed E-state index contributed by atoms with van der Waals surface area (Å²) in [6.45, 7) is -0.272. The zero-order chi connectivity index (χ0) is 29.0. The van der Waals surface area contributed by atoms with E-state index in [0.717, 1.165) is 18.2 Å². The molecule has 4 N–H and O–H groups in total. The van der Waals surface area contributed by atoms with E-state index >= 15 is 0 Å². The maximum absolute atomic E-state index is 14.5. The first-order chi connectivity index (χ1) is 18.7. The molecule has 2 amide bonds. The predicted octanol–water partition coefficient (Wildman–Crippen LogP) is 3.50. The number of nitrogens with one attached hydrogen (secondary N) is 1. The Morgan fingerprint density at radius 3 is 2.52 bits per heavy atom. The summed E-state index contributed by atoms with van der Waals surface area (Å²) in [5, 5.41) is 13.5. The smallest absolute Gasteiger partial charge is 0.424 e. The molecule has 1 aromatic carbocycles. The highest BCUT2D eigenvalue weighted by molar-refractivity contribution is 6.30. The first kappa shape index (κ1) is 27.3. The quantitative estimate of drug-likeness (QED) is 0.301. The van der Waals surface area contributed by atoms with Gasteiger partial charge < -0.3 is 25.3 Å². The van der Waals surface area contributed by atoms with Crippen molar-refractivity contribution in [2.45, 2.75) is 24.1 Å². The molecule has 4 heterocycles. The van der Waals surface area contributed by atoms with Crippen LogP contribution in [0, 0.1) is 5.82 Å². The van der Waals surface area contributed by atoms with Gasteiger partial charge in [-0.15, -0.1) is 0 Å². The molecule has 0 spiro atoms. The number of imidazole rings is 1. The van der Waals surface area contributed by atoms with Crippen molar-refractivity contribution < 1.29 is 37.0 Å². The van der Waals surface area contributed by atoms with E-state index in [9.17, 15) is 32.3 Å². The number of carbonyl (C=O) groups is 2. The molecule has 1 aliphatic heterocycles. The van der Waals surface area contributed by atoms with Crippen LogP contribution in [0.15, 0.2) is 54.9 Å². The molecule has 0 saturated carbocycles. The summed E-state index contributed by atoms with van der Waals surface area (Å²) in [6, 6.07) is 8.56. The van der Waals surface area contributed by atoms with Gasteiger partial charge in [0.05, 0.1) is 17.3 Å². The van der Waals surface area contributed by atoms with Crippen molar-refractivity contribution >= 4 is 29.1 Å². The van der Waals surface area contributed by atoms with Gasteiger partial charge in [-0.1, -0.05) is 11.6 Å². The molecule has 208 valence electrons. The number of aromatic nitrogens is 3. The van der Waals surface area contributed by atoms with Crippen molar-refractivity contribution in [3.8, 4) is 17.0 Å². The molecule has 0 radical (unpaired) electrons. The van der Waals surface area contributed by atoms with Gasteiger partial charge in [-0.3, -0.25) is 9.59 Å². The van der Waals surface area contributed by atoms with E-state index in [0.29, 0.717) is 10.7 Å². The number of alkyl halides is 3. The van der Waals surface area contributed by atoms with E-state index in [1.165, 1.54) is 48.0 Å². The summed E-state index contributed by atoms with van der Waals surface area (Å²) in [4.78, 5) is 33.2. The number of fused-ring (bicyclic) bond motifs is 2. The number of aliphatic hydroxyl groups is 1. The molecule has 2 atom stereocenters. The normalized spacial score (nSPS) is 18.2. The Balaban J connectivity index is 1.58. The third kappa shape index (κ3) is 4.50. The van der Waals surface area contributed by atoms with Gasteiger partial charge in [-0.25, -0.2) is 14.4 Å². The van der Waals surface area contributed by atoms with Crippen LogP contribution in [0.1, 0.15) is 28.7 Å². The van der Waals surface area contributed by atoms with Gasteiger partial charge in [-0.2, -0.15) is 13.2 Å². The van der Waals surface area contributed by atoms with Gasteiger partial charge >= 0.3 is 6.18 Å². The van der Waals surface area contributed by atoms with Crippen LogP contribution in [0.25, 0.3) is 16.9 Å². The molecule has 3 aromatic heterocycles. The number of amides is 2. The number of carbonyl (C=O) groups excluding carboxylic acids is 2. The molecule has 9 nitrogen and oxygen atoms in total. The van der Waals surface area contributed by atoms with Crippen LogP contribution in [0.4, 0.5) is 17.6 Å². The Bertz CT molecular complexity index is 1660. The van der Waals surface area contributed by atoms with Crippen LogP contribution in [0.2, 0.25) is 5.02 Å². The molecule has 0 bridgehead atoms. The third-order valence-electron chi connectivity index (χ3n) is 6.78. The average molecular weight is 578 g/mol. The fourth-order valence-corrected chi connectivity index (χ4v) is 4.48. The highest BCUT2D eigenvalue weighted by Crippen LogP contribution is 2.47. The van der Waals surface area contributed by atoms with Gasteiger partial charge in [0.1, 0.15) is 40.6 Å². The molecule has 0 fully saturated rings. The standard InChI is InChI=1S/C26H20ClF4N5O4/c1-24(23(32)38)12-40-21-16(24)8-18(35-20(21)13-2-5-15(28)6-3-13)25(39,26(29,30)31)11-33-22(37)17-10-36-9-14(27)4-7-19(36)34-17/h2-10,39H,11-12H2,1H3,(H2,32,38)(H,33,37)/t24-,25?/m0/s1. The maximum atomic E-state index is 14.5. The molecule has 4 aromatic rings. The lowest BCUT2D eigenvalue weighted by atomic mass is 9.81. The minimum absolute atomic E-state index is 0.0337. The number of rotatable bonds is 6. The van der Waals surface area contributed by atoms with E-state index in [4.69, 9.17) is 22.1 Å². The number of nitrogens with zero attached hydrogens (tertiary/aromatic N) is 3. The van der Waals surface area contributed by atoms with Gasteiger partial charge in [0, 0.05) is 23.5 Å². The van der Waals surface area contributed by atoms with Crippen molar-refractivity contribution in [3.63, 3.8) is 0 Å². The minimum Gasteiger partial charge on any atom is -0.489 e. The summed E-state index contributed by atoms with van der Waals surface area (Å²) >= 11 is 5.92. The van der Waals surface area contributed by atoms with Crippen molar-refractivity contribution in [1.82, 2.24) is 19.7 Å². The first-order valence-corrected chi connectivity index (χ1v) is 12.1. The van der Waals surface area contributed by atoms with E-state index in [-0.39, 0.29) is 34.9 Å². The second kappa shape index (κ2) is 9.45. The molecule has 1 unspecified atom stereocenters. The zero-order valence-electron chi connectivity index (χ0n) is 20.6. The number of nitrogens with two attached hydrogens (primary N) is 1. The Labute approximate surface area is 228 Å². The van der Waals surface area contributed by atoms with E-state index < -0.39 is 47.1 Å². The van der Waals surface area contributed by atoms with Crippen molar-refractivity contribution in [2.75, 3.05) is 13.2 Å². The first-order valence-electron chi connectivity index (χ1n) is 11.7. The van der Waals surface area contributed by atoms with Crippen molar-refractivity contribution in [2.24, 2.45) is 5.73 Å². The highest BCUT2D eigenvalue weighted by Gasteiger charge is 2.57. The summed E-state index contributed by atoms with van der Waals surface area (Å²) in [5.41, 5.74) is -0.638. The molecule has 0 saturated heterocycles. The predicted molar refractivity (Wildman–Crippen MR) is 134 cm³/mol. The summed E-state index contributed by atoms with van der Waals surface area (Å²) in [5.74, 6) is -2.53. The molecule has 1 aliphatic rings. The van der Waals surface area contributed by atoms with Crippen LogP contribution in [-0.2, 0) is 15.8 Å². The maximum Gasteiger partial charge on any atom is 0.424 e. The lowest BCUT2D eigenvalue weighted by Crippen LogP contribution is -2.52. The number of pyridine rings is 2. The van der Waals surface area contributed by atoms with Gasteiger partial charge in [0.2, 0.25) is 11.5 Å². The van der Waals surface area contributed by atoms with Crippen LogP contribution >= 0.6 is 11.6 Å². The molecule has 0 aliphatic carbocycles. The topological polar surface area (TPSA) is 132 Å². The Hall–Kier alpha value is -4.23. The second-order valence-corrected chi connectivity index (χ2v) is 9.94. The van der Waals surface area contributed by atoms with Gasteiger partial charge in [0.25, 0.3) is 5.91 Å². The lowest BCUT2D eigenvalue weighted by Gasteiger charge is -2.31. The van der Waals surface area contributed by atoms with Gasteiger partial charge in [-0.05, 0) is 49.4 Å². The van der Waals surface area contributed by atoms with E-state index in [1.54, 1.807) is 0 Å². The van der Waals surface area contributed by atoms with Crippen molar-refractivity contribution in [1.29, 1.82) is 0 Å². The fourth-order valence-electron chi connectivity index (χ4n) is 4.31. The number of benzene rings is 1. The molecule has 40 heavy (non-hydrogen) atoms. The van der Waals surface area contributed by atoms with Crippen LogP contribution in [0.5, 0.6) is 5.75 Å². The summed E-state index contributed by atoms with van der Waals surface area (Å²) in [7, 11) is 0. The van der Waals surface area contributed by atoms with Gasteiger partial charge in [0.15, 0.2) is 0 Å². The zero-order valence-corrected chi connectivity index (χ0v) is 21.3. The van der Waals surface area contributed by atoms with Crippen LogP contribution < -0.4 is 15.8 Å². The van der Waals surface area contributed by atoms with Crippen LogP contribution in [0.3, 0.4) is 0 Å². The fraction of sp³-hybridized carbons (Fsp3) is 0.231. The number of hydrogen-bond acceptors (Lipinski definition) is 6. The highest BCUT2D eigenvalue weighted by atomic mass is 35.5. The molecular formula is C26H20ClF4N5O4. The number of halogens is 5. The molecule has 14 heteroatoms. The molecule has 5 rings (SSSR count). The number of hydrogen-bond donors (Lipinski definition) is 3. The average Bonchev–Trinajstić information content (AvgIpc) is 3.48. The molecular weight excluding hydrogens is 558 g/mol. The monoisotopic (exact) mass is 577 g/mol. The number of primary amides is 1. The third-order valence-corrected chi connectivity index (χ3v) is 7.00. The van der Waals surface area contributed by atoms with E-state index in [2.05, 4.69) is 15.3 Å². The Kier molecular flexibility index (Phi) is 6.46. The summed E-state index contributed by atoms with van der Waals surface area (Å²) in [6.07, 6.45) is -2.63. The SMILES string of the molecule is C[C@]1(C(N)=O)COc2c1cc(C(O)(CNC(=O)c1cn3cc(Cl)ccc3n1)C(F)(F)F)nc2-c1ccc(F)cc1. The van der Waals surface area contributed by atoms with Crippen molar-refractivity contribution in [3.05, 3.63) is 82.6 Å². The Morgan fingerprint density at radius 2 is 1.88 bits per heavy atom. The second-order valence-electron chi connectivity index (χ2n) is 9.50. The lowest BCUT2D eigenvalue weighted by molar-refractivity contribution is -0.265. The minimum atomic E-state index is -5.35.